The summed E-state index contributed by atoms with van der Waals surface area (Å²) < 4.78 is 0. The lowest BCUT2D eigenvalue weighted by Gasteiger charge is -2.30. The van der Waals surface area contributed by atoms with Crippen LogP contribution in [0.4, 0.5) is 5.69 Å². The van der Waals surface area contributed by atoms with Gasteiger partial charge < -0.3 is 4.90 Å². The molecular formula is C24H23N3. The Morgan fingerprint density at radius 2 is 1.59 bits per heavy atom. The van der Waals surface area contributed by atoms with E-state index in [-0.39, 0.29) is 0 Å². The Morgan fingerprint density at radius 1 is 0.889 bits per heavy atom. The van der Waals surface area contributed by atoms with E-state index in [2.05, 4.69) is 48.2 Å². The van der Waals surface area contributed by atoms with Gasteiger partial charge in [-0.05, 0) is 32.3 Å². The van der Waals surface area contributed by atoms with Gasteiger partial charge >= 0.3 is 0 Å². The van der Waals surface area contributed by atoms with Crippen LogP contribution in [0.25, 0.3) is 22.5 Å². The maximum absolute atomic E-state index is 9.97. The molecule has 1 aliphatic heterocycles. The molecule has 1 aliphatic rings. The second-order valence-corrected chi connectivity index (χ2v) is 7.14. The van der Waals surface area contributed by atoms with Crippen LogP contribution in [0.3, 0.4) is 0 Å². The molecule has 0 saturated carbocycles. The summed E-state index contributed by atoms with van der Waals surface area (Å²) in [4.78, 5) is 7.28. The van der Waals surface area contributed by atoms with Gasteiger partial charge in [0, 0.05) is 24.2 Å². The molecule has 0 spiro atoms. The second-order valence-electron chi connectivity index (χ2n) is 7.14. The Kier molecular flexibility index (Phi) is 4.89. The summed E-state index contributed by atoms with van der Waals surface area (Å²) in [6.45, 7) is 4.09. The van der Waals surface area contributed by atoms with Crippen molar-refractivity contribution in [3.05, 3.63) is 71.8 Å². The van der Waals surface area contributed by atoms with Crippen LogP contribution in [-0.4, -0.2) is 18.1 Å². The maximum Gasteiger partial charge on any atom is 0.104 e. The lowest BCUT2D eigenvalue weighted by molar-refractivity contribution is 0.577. The van der Waals surface area contributed by atoms with Gasteiger partial charge in [0.25, 0.3) is 0 Å². The van der Waals surface area contributed by atoms with E-state index in [0.29, 0.717) is 5.56 Å². The van der Waals surface area contributed by atoms with Crippen LogP contribution in [0.5, 0.6) is 0 Å². The fraction of sp³-hybridized carbons (Fsp3) is 0.250. The number of rotatable bonds is 3. The maximum atomic E-state index is 9.97. The molecule has 0 aliphatic carbocycles. The monoisotopic (exact) mass is 353 g/mol. The fourth-order valence-corrected chi connectivity index (χ4v) is 3.70. The molecule has 0 N–H and O–H groups in total. The third-order valence-electron chi connectivity index (χ3n) is 5.20. The first kappa shape index (κ1) is 17.3. The Balaban J connectivity index is 1.92. The first-order valence-corrected chi connectivity index (χ1v) is 9.59. The smallest absolute Gasteiger partial charge is 0.104 e. The van der Waals surface area contributed by atoms with Crippen molar-refractivity contribution in [1.82, 2.24) is 4.98 Å². The zero-order chi connectivity index (χ0) is 18.6. The van der Waals surface area contributed by atoms with E-state index in [4.69, 9.17) is 4.98 Å². The van der Waals surface area contributed by atoms with Gasteiger partial charge in [-0.1, -0.05) is 60.2 Å². The first-order valence-electron chi connectivity index (χ1n) is 9.59. The van der Waals surface area contributed by atoms with Gasteiger partial charge in [-0.25, -0.2) is 4.98 Å². The van der Waals surface area contributed by atoms with Gasteiger partial charge in [-0.2, -0.15) is 5.26 Å². The summed E-state index contributed by atoms with van der Waals surface area (Å²) in [7, 11) is 0. The largest absolute Gasteiger partial charge is 0.370 e. The van der Waals surface area contributed by atoms with Crippen molar-refractivity contribution in [2.45, 2.75) is 26.2 Å². The minimum absolute atomic E-state index is 0.680. The number of nitrogens with zero attached hydrogens (tertiary/aromatic N) is 3. The van der Waals surface area contributed by atoms with Gasteiger partial charge in [0.1, 0.15) is 11.6 Å². The Hall–Kier alpha value is -3.12. The number of piperidine rings is 1. The van der Waals surface area contributed by atoms with Crippen molar-refractivity contribution in [2.24, 2.45) is 0 Å². The zero-order valence-corrected chi connectivity index (χ0v) is 15.7. The molecule has 3 nitrogen and oxygen atoms in total. The predicted molar refractivity (Wildman–Crippen MR) is 111 cm³/mol. The van der Waals surface area contributed by atoms with Gasteiger partial charge in [0.15, 0.2) is 0 Å². The molecule has 0 unspecified atom stereocenters. The normalized spacial score (nSPS) is 14.0. The van der Waals surface area contributed by atoms with Crippen LogP contribution in [0.2, 0.25) is 0 Å². The number of hydrogen-bond acceptors (Lipinski definition) is 3. The third-order valence-corrected chi connectivity index (χ3v) is 5.20. The molecule has 0 bridgehead atoms. The Bertz CT molecular complexity index is 963. The van der Waals surface area contributed by atoms with Gasteiger partial charge in [0.2, 0.25) is 0 Å². The van der Waals surface area contributed by atoms with E-state index >= 15 is 0 Å². The highest BCUT2D eigenvalue weighted by atomic mass is 15.1. The van der Waals surface area contributed by atoms with Crippen LogP contribution in [0.1, 0.15) is 30.4 Å². The van der Waals surface area contributed by atoms with E-state index in [1.54, 1.807) is 0 Å². The first-order chi connectivity index (χ1) is 13.3. The molecule has 1 aromatic heterocycles. The van der Waals surface area contributed by atoms with Crippen molar-refractivity contribution >= 4 is 5.69 Å². The second kappa shape index (κ2) is 7.63. The van der Waals surface area contributed by atoms with E-state index in [9.17, 15) is 5.26 Å². The lowest BCUT2D eigenvalue weighted by atomic mass is 9.99. The number of hydrogen-bond donors (Lipinski definition) is 0. The van der Waals surface area contributed by atoms with Crippen LogP contribution >= 0.6 is 0 Å². The van der Waals surface area contributed by atoms with Crippen molar-refractivity contribution in [3.63, 3.8) is 0 Å². The average molecular weight is 353 g/mol. The summed E-state index contributed by atoms with van der Waals surface area (Å²) in [5.41, 5.74) is 6.69. The van der Waals surface area contributed by atoms with E-state index in [1.165, 1.54) is 24.8 Å². The van der Waals surface area contributed by atoms with E-state index in [0.717, 1.165) is 41.3 Å². The predicted octanol–water partition coefficient (Wildman–Crippen LogP) is 5.59. The van der Waals surface area contributed by atoms with Crippen LogP contribution in [0.15, 0.2) is 60.7 Å². The third kappa shape index (κ3) is 3.57. The molecule has 0 radical (unpaired) electrons. The molecular weight excluding hydrogens is 330 g/mol. The highest BCUT2D eigenvalue weighted by molar-refractivity contribution is 5.80. The van der Waals surface area contributed by atoms with Crippen molar-refractivity contribution in [1.29, 1.82) is 5.26 Å². The molecule has 0 atom stereocenters. The number of aryl methyl sites for hydroxylation is 1. The molecule has 4 rings (SSSR count). The zero-order valence-electron chi connectivity index (χ0n) is 15.7. The highest BCUT2D eigenvalue weighted by Gasteiger charge is 2.21. The molecule has 27 heavy (non-hydrogen) atoms. The van der Waals surface area contributed by atoms with Crippen LogP contribution in [0, 0.1) is 18.3 Å². The van der Waals surface area contributed by atoms with Crippen LogP contribution in [-0.2, 0) is 0 Å². The molecule has 1 fully saturated rings. The topological polar surface area (TPSA) is 39.9 Å². The summed E-state index contributed by atoms with van der Waals surface area (Å²) >= 11 is 0. The molecule has 3 aromatic rings. The molecule has 1 saturated heterocycles. The fourth-order valence-electron chi connectivity index (χ4n) is 3.70. The molecule has 2 aromatic carbocycles. The summed E-state index contributed by atoms with van der Waals surface area (Å²) in [5, 5.41) is 9.97. The lowest BCUT2D eigenvalue weighted by Crippen LogP contribution is -2.30. The van der Waals surface area contributed by atoms with Gasteiger partial charge in [-0.15, -0.1) is 0 Å². The van der Waals surface area contributed by atoms with E-state index in [1.807, 2.05) is 30.3 Å². The number of anilines is 1. The number of pyridine rings is 1. The number of aromatic nitrogens is 1. The van der Waals surface area contributed by atoms with Gasteiger partial charge in [0.05, 0.1) is 17.1 Å². The molecule has 134 valence electrons. The van der Waals surface area contributed by atoms with Crippen molar-refractivity contribution in [3.8, 4) is 28.6 Å². The average Bonchev–Trinajstić information content (AvgIpc) is 2.74. The molecule has 3 heteroatoms. The summed E-state index contributed by atoms with van der Waals surface area (Å²) in [6, 6.07) is 23.0. The highest BCUT2D eigenvalue weighted by Crippen LogP contribution is 2.35. The summed E-state index contributed by atoms with van der Waals surface area (Å²) in [5.74, 6) is 0. The van der Waals surface area contributed by atoms with Gasteiger partial charge in [-0.3, -0.25) is 0 Å². The standard InChI is InChI=1S/C24H23N3/c1-18-10-12-19(13-11-18)22-16-23(27-14-6-3-7-15-27)21(17-25)24(26-22)20-8-4-2-5-9-20/h2,4-5,8-13,16H,3,6-7,14-15H2,1H3. The van der Waals surface area contributed by atoms with E-state index < -0.39 is 0 Å². The molecule has 0 amide bonds. The van der Waals surface area contributed by atoms with Crippen molar-refractivity contribution < 1.29 is 0 Å². The number of benzene rings is 2. The Morgan fingerprint density at radius 3 is 2.26 bits per heavy atom. The number of nitriles is 1. The SMILES string of the molecule is Cc1ccc(-c2cc(N3CCCCC3)c(C#N)c(-c3ccccc3)n2)cc1. The summed E-state index contributed by atoms with van der Waals surface area (Å²) in [6.07, 6.45) is 3.61. The Labute approximate surface area is 160 Å². The van der Waals surface area contributed by atoms with Crippen LogP contribution < -0.4 is 4.90 Å². The quantitative estimate of drug-likeness (QED) is 0.616. The van der Waals surface area contributed by atoms with Crippen molar-refractivity contribution in [2.75, 3.05) is 18.0 Å². The minimum atomic E-state index is 0.680. The minimum Gasteiger partial charge on any atom is -0.370 e. The molecule has 2 heterocycles.